The van der Waals surface area contributed by atoms with Crippen LogP contribution in [0, 0.1) is 5.92 Å². The van der Waals surface area contributed by atoms with Crippen molar-refractivity contribution in [2.24, 2.45) is 5.92 Å². The van der Waals surface area contributed by atoms with E-state index in [0.717, 1.165) is 77.6 Å². The Bertz CT molecular complexity index is 895. The van der Waals surface area contributed by atoms with Gasteiger partial charge in [0.2, 0.25) is 0 Å². The van der Waals surface area contributed by atoms with Crippen LogP contribution in [0.1, 0.15) is 47.7 Å². The van der Waals surface area contributed by atoms with Crippen molar-refractivity contribution in [1.29, 1.82) is 0 Å². The van der Waals surface area contributed by atoms with E-state index >= 15 is 0 Å². The van der Waals surface area contributed by atoms with Gasteiger partial charge in [0.15, 0.2) is 0 Å². The molecule has 5 aliphatic rings. The predicted molar refractivity (Wildman–Crippen MR) is 113 cm³/mol. The highest BCUT2D eigenvalue weighted by atomic mass is 16.5. The summed E-state index contributed by atoms with van der Waals surface area (Å²) in [6, 6.07) is 4.90. The van der Waals surface area contributed by atoms with Crippen LogP contribution in [0.15, 0.2) is 16.9 Å². The number of pyridine rings is 1. The van der Waals surface area contributed by atoms with Gasteiger partial charge in [0, 0.05) is 56.9 Å². The molecule has 2 bridgehead atoms. The SMILES string of the molecule is O=C(c1ccc2n(c1=O)C[C@H]1C[C@@H]2CN(C2COC2)C1)N1CCCN2CCC[C@H]2C1. The molecule has 4 saturated heterocycles. The minimum absolute atomic E-state index is 0.0620. The molecule has 162 valence electrons. The molecule has 3 atom stereocenters. The fraction of sp³-hybridized carbons (Fsp3) is 0.739. The normalized spacial score (nSPS) is 32.3. The number of aromatic nitrogens is 1. The maximum atomic E-state index is 13.4. The van der Waals surface area contributed by atoms with E-state index in [0.29, 0.717) is 29.5 Å². The lowest BCUT2D eigenvalue weighted by Crippen LogP contribution is -2.56. The number of hydrogen-bond donors (Lipinski definition) is 0. The van der Waals surface area contributed by atoms with Crippen LogP contribution in [0.4, 0.5) is 0 Å². The third-order valence-electron chi connectivity index (χ3n) is 8.09. The third kappa shape index (κ3) is 3.13. The van der Waals surface area contributed by atoms with Crippen molar-refractivity contribution < 1.29 is 9.53 Å². The van der Waals surface area contributed by atoms with Gasteiger partial charge in [0.25, 0.3) is 11.5 Å². The van der Waals surface area contributed by atoms with Gasteiger partial charge < -0.3 is 14.2 Å². The van der Waals surface area contributed by atoms with Gasteiger partial charge in [-0.3, -0.25) is 19.4 Å². The summed E-state index contributed by atoms with van der Waals surface area (Å²) in [5.74, 6) is 0.818. The highest BCUT2D eigenvalue weighted by Gasteiger charge is 2.39. The van der Waals surface area contributed by atoms with Crippen molar-refractivity contribution in [1.82, 2.24) is 19.3 Å². The van der Waals surface area contributed by atoms with Crippen molar-refractivity contribution >= 4 is 5.91 Å². The maximum absolute atomic E-state index is 13.4. The first-order valence-corrected chi connectivity index (χ1v) is 11.8. The van der Waals surface area contributed by atoms with E-state index in [4.69, 9.17) is 4.74 Å². The van der Waals surface area contributed by atoms with Gasteiger partial charge in [-0.15, -0.1) is 0 Å². The lowest BCUT2D eigenvalue weighted by atomic mass is 9.82. The molecule has 7 nitrogen and oxygen atoms in total. The molecular formula is C23H32N4O3. The van der Waals surface area contributed by atoms with E-state index < -0.39 is 0 Å². The molecule has 30 heavy (non-hydrogen) atoms. The number of nitrogens with zero attached hydrogens (tertiary/aromatic N) is 4. The van der Waals surface area contributed by atoms with E-state index in [1.165, 1.54) is 12.8 Å². The number of amides is 1. The molecular weight excluding hydrogens is 380 g/mol. The molecule has 1 aromatic heterocycles. The highest BCUT2D eigenvalue weighted by Crippen LogP contribution is 2.36. The van der Waals surface area contributed by atoms with E-state index in [-0.39, 0.29) is 11.5 Å². The summed E-state index contributed by atoms with van der Waals surface area (Å²) in [5.41, 5.74) is 1.42. The average molecular weight is 413 g/mol. The summed E-state index contributed by atoms with van der Waals surface area (Å²) in [6.07, 6.45) is 4.54. The molecule has 6 rings (SSSR count). The number of hydrogen-bond acceptors (Lipinski definition) is 5. The monoisotopic (exact) mass is 412 g/mol. The molecule has 5 aliphatic heterocycles. The Hall–Kier alpha value is -1.70. The number of ether oxygens (including phenoxy) is 1. The predicted octanol–water partition coefficient (Wildman–Crippen LogP) is 0.977. The average Bonchev–Trinajstić information content (AvgIpc) is 3.03. The molecule has 0 spiro atoms. The summed E-state index contributed by atoms with van der Waals surface area (Å²) in [4.78, 5) is 33.8. The number of fused-ring (bicyclic) bond motifs is 5. The molecule has 0 saturated carbocycles. The number of piperidine rings is 1. The largest absolute Gasteiger partial charge is 0.378 e. The van der Waals surface area contributed by atoms with Gasteiger partial charge in [-0.2, -0.15) is 0 Å². The van der Waals surface area contributed by atoms with Crippen LogP contribution in [0.3, 0.4) is 0 Å². The van der Waals surface area contributed by atoms with Crippen molar-refractivity contribution in [3.63, 3.8) is 0 Å². The molecule has 4 fully saturated rings. The Morgan fingerprint density at radius 1 is 0.933 bits per heavy atom. The fourth-order valence-electron chi connectivity index (χ4n) is 6.44. The first-order valence-electron chi connectivity index (χ1n) is 11.8. The molecule has 6 heterocycles. The number of carbonyl (C=O) groups excluding carboxylic acids is 1. The van der Waals surface area contributed by atoms with Crippen LogP contribution in [-0.4, -0.2) is 89.7 Å². The Kier molecular flexibility index (Phi) is 4.73. The van der Waals surface area contributed by atoms with Gasteiger partial charge in [-0.25, -0.2) is 0 Å². The molecule has 0 aliphatic carbocycles. The third-order valence-corrected chi connectivity index (χ3v) is 8.09. The van der Waals surface area contributed by atoms with Crippen molar-refractivity contribution in [2.45, 2.75) is 50.2 Å². The summed E-state index contributed by atoms with van der Waals surface area (Å²) in [7, 11) is 0. The molecule has 0 aromatic carbocycles. The van der Waals surface area contributed by atoms with Crippen LogP contribution < -0.4 is 5.56 Å². The van der Waals surface area contributed by atoms with Crippen LogP contribution in [-0.2, 0) is 11.3 Å². The Morgan fingerprint density at radius 2 is 1.80 bits per heavy atom. The van der Waals surface area contributed by atoms with E-state index in [1.807, 2.05) is 15.5 Å². The van der Waals surface area contributed by atoms with Gasteiger partial charge in [0.1, 0.15) is 5.56 Å². The molecule has 0 unspecified atom stereocenters. The summed E-state index contributed by atoms with van der Waals surface area (Å²) in [6.45, 7) is 8.22. The Labute approximate surface area is 177 Å². The zero-order valence-corrected chi connectivity index (χ0v) is 17.7. The minimum atomic E-state index is -0.0693. The molecule has 0 radical (unpaired) electrons. The summed E-state index contributed by atoms with van der Waals surface area (Å²) < 4.78 is 7.32. The number of carbonyl (C=O) groups is 1. The van der Waals surface area contributed by atoms with Crippen LogP contribution in [0.2, 0.25) is 0 Å². The second kappa shape index (κ2) is 7.46. The summed E-state index contributed by atoms with van der Waals surface area (Å²) in [5, 5.41) is 0. The van der Waals surface area contributed by atoms with Crippen molar-refractivity contribution in [2.75, 3.05) is 52.5 Å². The maximum Gasteiger partial charge on any atom is 0.263 e. The second-order valence-corrected chi connectivity index (χ2v) is 9.97. The molecule has 1 aromatic rings. The first kappa shape index (κ1) is 19.0. The lowest BCUT2D eigenvalue weighted by molar-refractivity contribution is -0.0827. The van der Waals surface area contributed by atoms with Crippen molar-refractivity contribution in [3.05, 3.63) is 33.7 Å². The fourth-order valence-corrected chi connectivity index (χ4v) is 6.44. The standard InChI is InChI=1S/C23H32N4O3/c28-22(25-8-2-7-24-6-1-3-18(24)13-25)20-4-5-21-17-9-16(11-27(21)23(20)29)10-26(12-17)19-14-30-15-19/h4-5,16-19H,1-3,6-15H2/t16-,17+,18-/m0/s1. The van der Waals surface area contributed by atoms with Gasteiger partial charge in [-0.1, -0.05) is 0 Å². The van der Waals surface area contributed by atoms with Crippen LogP contribution >= 0.6 is 0 Å². The van der Waals surface area contributed by atoms with E-state index in [9.17, 15) is 9.59 Å². The highest BCUT2D eigenvalue weighted by molar-refractivity contribution is 5.94. The smallest absolute Gasteiger partial charge is 0.263 e. The number of rotatable bonds is 2. The molecule has 7 heteroatoms. The lowest BCUT2D eigenvalue weighted by Gasteiger charge is -2.47. The minimum Gasteiger partial charge on any atom is -0.378 e. The topological polar surface area (TPSA) is 58.0 Å². The Morgan fingerprint density at radius 3 is 2.63 bits per heavy atom. The molecule has 0 N–H and O–H groups in total. The van der Waals surface area contributed by atoms with Gasteiger partial charge in [0.05, 0.1) is 19.3 Å². The van der Waals surface area contributed by atoms with E-state index in [1.54, 1.807) is 0 Å². The van der Waals surface area contributed by atoms with E-state index in [2.05, 4.69) is 15.9 Å². The first-order chi connectivity index (χ1) is 14.7. The Balaban J connectivity index is 1.25. The van der Waals surface area contributed by atoms with Crippen molar-refractivity contribution in [3.8, 4) is 0 Å². The van der Waals surface area contributed by atoms with Crippen LogP contribution in [0.5, 0.6) is 0 Å². The zero-order chi connectivity index (χ0) is 20.2. The van der Waals surface area contributed by atoms with Gasteiger partial charge in [-0.05, 0) is 50.3 Å². The molecule has 1 amide bonds. The number of likely N-dealkylation sites (tertiary alicyclic amines) is 1. The second-order valence-electron chi connectivity index (χ2n) is 9.97. The van der Waals surface area contributed by atoms with Crippen LogP contribution in [0.25, 0.3) is 0 Å². The zero-order valence-electron chi connectivity index (χ0n) is 17.7. The summed E-state index contributed by atoms with van der Waals surface area (Å²) >= 11 is 0. The quantitative estimate of drug-likeness (QED) is 0.725. The van der Waals surface area contributed by atoms with Gasteiger partial charge >= 0.3 is 0 Å².